The van der Waals surface area contributed by atoms with E-state index in [4.69, 9.17) is 11.6 Å². The molecule has 0 aliphatic heterocycles. The zero-order valence-electron chi connectivity index (χ0n) is 13.0. The van der Waals surface area contributed by atoms with Gasteiger partial charge in [-0.2, -0.15) is 10.2 Å². The number of aromatic nitrogens is 4. The van der Waals surface area contributed by atoms with E-state index >= 15 is 0 Å². The van der Waals surface area contributed by atoms with Gasteiger partial charge in [0.2, 0.25) is 0 Å². The van der Waals surface area contributed by atoms with Crippen LogP contribution in [0.15, 0.2) is 6.07 Å². The van der Waals surface area contributed by atoms with Crippen LogP contribution in [-0.4, -0.2) is 25.3 Å². The molecule has 0 unspecified atom stereocenters. The van der Waals surface area contributed by atoms with Crippen LogP contribution in [0.3, 0.4) is 0 Å². The summed E-state index contributed by atoms with van der Waals surface area (Å²) in [6.07, 6.45) is 1.82. The second-order valence-electron chi connectivity index (χ2n) is 4.97. The smallest absolute Gasteiger partial charge is 0.186 e. The van der Waals surface area contributed by atoms with Gasteiger partial charge in [-0.25, -0.2) is 0 Å². The van der Waals surface area contributed by atoms with Gasteiger partial charge >= 0.3 is 0 Å². The summed E-state index contributed by atoms with van der Waals surface area (Å²) >= 11 is 6.31. The SMILES string of the molecule is CCc1cc(C(=O)Cc2c(Cl)c(CC)nn2C)n(CC)n1. The van der Waals surface area contributed by atoms with Crippen LogP contribution in [0.5, 0.6) is 0 Å². The van der Waals surface area contributed by atoms with Gasteiger partial charge in [-0.15, -0.1) is 0 Å². The number of rotatable bonds is 6. The molecule has 0 aromatic carbocycles. The Morgan fingerprint density at radius 3 is 2.48 bits per heavy atom. The summed E-state index contributed by atoms with van der Waals surface area (Å²) < 4.78 is 3.46. The lowest BCUT2D eigenvalue weighted by Gasteiger charge is -2.04. The Morgan fingerprint density at radius 1 is 1.24 bits per heavy atom. The number of nitrogens with zero attached hydrogens (tertiary/aromatic N) is 4. The van der Waals surface area contributed by atoms with Crippen LogP contribution in [0.1, 0.15) is 48.3 Å². The molecule has 0 N–H and O–H groups in total. The lowest BCUT2D eigenvalue weighted by molar-refractivity contribution is 0.0980. The predicted molar refractivity (Wildman–Crippen MR) is 82.9 cm³/mol. The Hall–Kier alpha value is -1.62. The van der Waals surface area contributed by atoms with Crippen molar-refractivity contribution in [1.82, 2.24) is 19.6 Å². The minimum Gasteiger partial charge on any atom is -0.292 e. The summed E-state index contributed by atoms with van der Waals surface area (Å²) in [6, 6.07) is 1.87. The molecule has 0 saturated heterocycles. The van der Waals surface area contributed by atoms with E-state index in [0.29, 0.717) is 17.3 Å². The van der Waals surface area contributed by atoms with Crippen molar-refractivity contribution < 1.29 is 4.79 Å². The molecule has 0 bridgehead atoms. The Morgan fingerprint density at radius 2 is 1.95 bits per heavy atom. The fourth-order valence-corrected chi connectivity index (χ4v) is 2.72. The number of hydrogen-bond donors (Lipinski definition) is 0. The highest BCUT2D eigenvalue weighted by Crippen LogP contribution is 2.22. The van der Waals surface area contributed by atoms with Gasteiger partial charge in [0.15, 0.2) is 5.78 Å². The van der Waals surface area contributed by atoms with Gasteiger partial charge in [0.1, 0.15) is 5.69 Å². The normalized spacial score (nSPS) is 11.1. The Kier molecular flexibility index (Phi) is 4.83. The lowest BCUT2D eigenvalue weighted by atomic mass is 10.1. The fourth-order valence-electron chi connectivity index (χ4n) is 2.36. The van der Waals surface area contributed by atoms with Crippen LogP contribution in [0.25, 0.3) is 0 Å². The second-order valence-corrected chi connectivity index (χ2v) is 5.35. The average Bonchev–Trinajstić information content (AvgIpc) is 3.02. The third kappa shape index (κ3) is 3.02. The molecule has 2 rings (SSSR count). The van der Waals surface area contributed by atoms with Crippen molar-refractivity contribution in [3.63, 3.8) is 0 Å². The van der Waals surface area contributed by atoms with Gasteiger partial charge in [0.25, 0.3) is 0 Å². The third-order valence-electron chi connectivity index (χ3n) is 3.61. The number of carbonyl (C=O) groups is 1. The number of hydrogen-bond acceptors (Lipinski definition) is 3. The maximum absolute atomic E-state index is 12.6. The van der Waals surface area contributed by atoms with Crippen LogP contribution in [-0.2, 0) is 32.9 Å². The maximum Gasteiger partial charge on any atom is 0.186 e. The molecule has 0 amide bonds. The van der Waals surface area contributed by atoms with Crippen LogP contribution < -0.4 is 0 Å². The predicted octanol–water partition coefficient (Wildman–Crippen LogP) is 2.84. The molecule has 0 aliphatic carbocycles. The first-order chi connectivity index (χ1) is 10.0. The highest BCUT2D eigenvalue weighted by atomic mass is 35.5. The van der Waals surface area contributed by atoms with Gasteiger partial charge in [-0.1, -0.05) is 25.4 Å². The standard InChI is InChI=1S/C15H21ClN4O/c1-5-10-8-12(20(7-3)17-10)14(21)9-13-15(16)11(6-2)18-19(13)4/h8H,5-7,9H2,1-4H3. The van der Waals surface area contributed by atoms with Crippen LogP contribution >= 0.6 is 11.6 Å². The first-order valence-electron chi connectivity index (χ1n) is 7.31. The van der Waals surface area contributed by atoms with E-state index in [2.05, 4.69) is 10.2 Å². The number of aryl methyl sites for hydroxylation is 4. The molecule has 2 heterocycles. The Bertz CT molecular complexity index is 657. The summed E-state index contributed by atoms with van der Waals surface area (Å²) in [4.78, 5) is 12.6. The Balaban J connectivity index is 2.30. The topological polar surface area (TPSA) is 52.7 Å². The summed E-state index contributed by atoms with van der Waals surface area (Å²) in [5.74, 6) is 0.0246. The monoisotopic (exact) mass is 308 g/mol. The molecule has 0 radical (unpaired) electrons. The molecule has 6 heteroatoms. The van der Waals surface area contributed by atoms with E-state index in [-0.39, 0.29) is 12.2 Å². The molecular weight excluding hydrogens is 288 g/mol. The van der Waals surface area contributed by atoms with Crippen LogP contribution in [0, 0.1) is 0 Å². The zero-order chi connectivity index (χ0) is 15.6. The summed E-state index contributed by atoms with van der Waals surface area (Å²) in [5.41, 5.74) is 3.18. The maximum atomic E-state index is 12.6. The summed E-state index contributed by atoms with van der Waals surface area (Å²) in [6.45, 7) is 6.69. The molecule has 0 aliphatic rings. The van der Waals surface area contributed by atoms with E-state index < -0.39 is 0 Å². The number of Topliss-reactive ketones (excluding diaryl/α,β-unsaturated/α-hetero) is 1. The highest BCUT2D eigenvalue weighted by molar-refractivity contribution is 6.32. The van der Waals surface area contributed by atoms with Gasteiger partial charge < -0.3 is 0 Å². The van der Waals surface area contributed by atoms with E-state index in [1.165, 1.54) is 0 Å². The molecule has 0 saturated carbocycles. The molecule has 2 aromatic heterocycles. The van der Waals surface area contributed by atoms with Crippen LogP contribution in [0.4, 0.5) is 0 Å². The molecule has 0 spiro atoms. The molecule has 0 fully saturated rings. The third-order valence-corrected chi connectivity index (χ3v) is 4.05. The highest BCUT2D eigenvalue weighted by Gasteiger charge is 2.20. The van der Waals surface area contributed by atoms with Gasteiger partial charge in [-0.05, 0) is 25.8 Å². The zero-order valence-corrected chi connectivity index (χ0v) is 13.7. The first-order valence-corrected chi connectivity index (χ1v) is 7.69. The largest absolute Gasteiger partial charge is 0.292 e. The van der Waals surface area contributed by atoms with E-state index in [9.17, 15) is 4.79 Å². The van der Waals surface area contributed by atoms with E-state index in [1.54, 1.807) is 9.36 Å². The minimum absolute atomic E-state index is 0.0246. The number of ketones is 1. The molecule has 114 valence electrons. The van der Waals surface area contributed by atoms with E-state index in [1.807, 2.05) is 33.9 Å². The van der Waals surface area contributed by atoms with Crippen molar-refractivity contribution >= 4 is 17.4 Å². The van der Waals surface area contributed by atoms with E-state index in [0.717, 1.165) is 29.9 Å². The van der Waals surface area contributed by atoms with Gasteiger partial charge in [0.05, 0.1) is 28.5 Å². The molecular formula is C15H21ClN4O. The van der Waals surface area contributed by atoms with Crippen molar-refractivity contribution in [2.75, 3.05) is 0 Å². The average molecular weight is 309 g/mol. The molecule has 5 nitrogen and oxygen atoms in total. The van der Waals surface area contributed by atoms with Crippen molar-refractivity contribution in [1.29, 1.82) is 0 Å². The number of halogens is 1. The van der Waals surface area contributed by atoms with Crippen molar-refractivity contribution in [2.24, 2.45) is 7.05 Å². The molecule has 0 atom stereocenters. The fraction of sp³-hybridized carbons (Fsp3) is 0.533. The van der Waals surface area contributed by atoms with Crippen molar-refractivity contribution in [3.05, 3.63) is 33.9 Å². The summed E-state index contributed by atoms with van der Waals surface area (Å²) in [7, 11) is 1.82. The summed E-state index contributed by atoms with van der Waals surface area (Å²) in [5, 5.41) is 9.37. The van der Waals surface area contributed by atoms with Gasteiger partial charge in [-0.3, -0.25) is 14.2 Å². The molecule has 21 heavy (non-hydrogen) atoms. The number of carbonyl (C=O) groups excluding carboxylic acids is 1. The first kappa shape index (κ1) is 15.8. The van der Waals surface area contributed by atoms with Crippen molar-refractivity contribution in [2.45, 2.75) is 46.6 Å². The second kappa shape index (κ2) is 6.43. The van der Waals surface area contributed by atoms with Crippen LogP contribution in [0.2, 0.25) is 5.02 Å². The molecule has 2 aromatic rings. The van der Waals surface area contributed by atoms with Gasteiger partial charge in [0, 0.05) is 13.6 Å². The minimum atomic E-state index is 0.0246. The lowest BCUT2D eigenvalue weighted by Crippen LogP contribution is -2.13. The van der Waals surface area contributed by atoms with Crippen molar-refractivity contribution in [3.8, 4) is 0 Å². The quantitative estimate of drug-likeness (QED) is 0.771. The Labute approximate surface area is 129 Å².